The zero-order chi connectivity index (χ0) is 31.5. The predicted octanol–water partition coefficient (Wildman–Crippen LogP) is 2.56. The van der Waals surface area contributed by atoms with Crippen molar-refractivity contribution >= 4 is 62.5 Å². The number of nitrogens with one attached hydrogen (secondary N) is 5. The minimum absolute atomic E-state index is 0.0309. The summed E-state index contributed by atoms with van der Waals surface area (Å²) in [6.07, 6.45) is 1.15. The van der Waals surface area contributed by atoms with Crippen LogP contribution < -0.4 is 25.8 Å². The molecule has 2 aromatic rings. The highest BCUT2D eigenvalue weighted by Crippen LogP contribution is 2.18. The lowest BCUT2D eigenvalue weighted by molar-refractivity contribution is -0.119. The van der Waals surface area contributed by atoms with Crippen LogP contribution >= 0.6 is 35.3 Å². The van der Waals surface area contributed by atoms with Crippen LogP contribution in [0.25, 0.3) is 0 Å². The molecule has 0 bridgehead atoms. The SMILES string of the molecule is N=C(CCSCCC(N)SC(=N)NC(=O)Cc1cccc(OCCO)c1)SC(=N)NC(=O)Cc1cccc(OCCO)c1. The summed E-state index contributed by atoms with van der Waals surface area (Å²) in [6, 6.07) is 13.9. The van der Waals surface area contributed by atoms with Crippen molar-refractivity contribution in [1.82, 2.24) is 10.6 Å². The highest BCUT2D eigenvalue weighted by atomic mass is 32.2. The number of rotatable bonds is 17. The quantitative estimate of drug-likeness (QED) is 0.0542. The zero-order valence-electron chi connectivity index (χ0n) is 23.6. The van der Waals surface area contributed by atoms with Gasteiger partial charge in [-0.25, -0.2) is 0 Å². The fourth-order valence-corrected chi connectivity index (χ4v) is 6.01. The Kier molecular flexibility index (Phi) is 17.4. The van der Waals surface area contributed by atoms with Gasteiger partial charge in [0.2, 0.25) is 11.8 Å². The van der Waals surface area contributed by atoms with Gasteiger partial charge in [0.1, 0.15) is 24.7 Å². The molecule has 0 aliphatic carbocycles. The molecule has 2 amide bonds. The molecule has 0 fully saturated rings. The summed E-state index contributed by atoms with van der Waals surface area (Å²) in [5.41, 5.74) is 7.53. The van der Waals surface area contributed by atoms with Gasteiger partial charge in [0, 0.05) is 6.42 Å². The number of amidine groups is 2. The second kappa shape index (κ2) is 20.8. The number of thioether (sulfide) groups is 3. The normalized spacial score (nSPS) is 11.3. The van der Waals surface area contributed by atoms with E-state index in [1.165, 1.54) is 0 Å². The van der Waals surface area contributed by atoms with Crippen LogP contribution in [0.2, 0.25) is 0 Å². The Morgan fingerprint density at radius 3 is 1.91 bits per heavy atom. The molecule has 43 heavy (non-hydrogen) atoms. The van der Waals surface area contributed by atoms with Gasteiger partial charge in [-0.2, -0.15) is 11.8 Å². The molecule has 0 heterocycles. The first-order chi connectivity index (χ1) is 20.7. The molecule has 12 nitrogen and oxygen atoms in total. The van der Waals surface area contributed by atoms with E-state index in [-0.39, 0.29) is 71.8 Å². The van der Waals surface area contributed by atoms with Crippen molar-refractivity contribution < 1.29 is 29.3 Å². The lowest BCUT2D eigenvalue weighted by atomic mass is 10.1. The summed E-state index contributed by atoms with van der Waals surface area (Å²) >= 11 is 3.55. The third kappa shape index (κ3) is 16.4. The number of amides is 2. The van der Waals surface area contributed by atoms with Gasteiger partial charge in [0.25, 0.3) is 0 Å². The van der Waals surface area contributed by atoms with Crippen LogP contribution in [0.1, 0.15) is 24.0 Å². The third-order valence-electron chi connectivity index (χ3n) is 5.27. The monoisotopic (exact) mass is 650 g/mol. The Morgan fingerprint density at radius 1 is 0.837 bits per heavy atom. The molecule has 0 saturated carbocycles. The van der Waals surface area contributed by atoms with Crippen LogP contribution in [-0.2, 0) is 22.4 Å². The number of carbonyl (C=O) groups excluding carboxylic acids is 2. The number of benzene rings is 2. The van der Waals surface area contributed by atoms with Crippen LogP contribution in [0.4, 0.5) is 0 Å². The Bertz CT molecular complexity index is 1230. The summed E-state index contributed by atoms with van der Waals surface area (Å²) in [5.74, 6) is 1.73. The Morgan fingerprint density at radius 2 is 1.37 bits per heavy atom. The van der Waals surface area contributed by atoms with E-state index in [2.05, 4.69) is 10.6 Å². The molecular weight excluding hydrogens is 613 g/mol. The van der Waals surface area contributed by atoms with Crippen molar-refractivity contribution in [1.29, 1.82) is 16.2 Å². The van der Waals surface area contributed by atoms with E-state index in [1.807, 2.05) is 0 Å². The molecule has 2 aromatic carbocycles. The van der Waals surface area contributed by atoms with E-state index >= 15 is 0 Å². The average Bonchev–Trinajstić information content (AvgIpc) is 2.94. The maximum Gasteiger partial charge on any atom is 0.230 e. The maximum absolute atomic E-state index is 12.3. The summed E-state index contributed by atoms with van der Waals surface area (Å²) in [5, 5.41) is 46.6. The Hall–Kier alpha value is -3.08. The van der Waals surface area contributed by atoms with E-state index in [1.54, 1.807) is 60.3 Å². The lowest BCUT2D eigenvalue weighted by Gasteiger charge is -2.13. The number of ether oxygens (including phenoxy) is 2. The van der Waals surface area contributed by atoms with Crippen LogP contribution in [-0.4, -0.2) is 80.7 Å². The average molecular weight is 651 g/mol. The van der Waals surface area contributed by atoms with Gasteiger partial charge in [-0.15, -0.1) is 0 Å². The number of nitrogens with two attached hydrogens (primary N) is 1. The van der Waals surface area contributed by atoms with Crippen LogP contribution in [0.3, 0.4) is 0 Å². The standard InChI is InChI=1S/C28H38N6O6S3/c29-23(42-27(31)33-25(37)17-19-3-1-5-21(15-19)39-11-9-35)7-13-41-14-8-24(30)43-28(32)34-26(38)18-20-4-2-6-22(16-20)40-12-10-36/h1-6,15-16,23,30,35-36H,7-14,17-18,29H2,(H2,31,33,37)(H2,32,34,38). The minimum Gasteiger partial charge on any atom is -0.491 e. The molecule has 0 spiro atoms. The van der Waals surface area contributed by atoms with Gasteiger partial charge in [-0.3, -0.25) is 25.8 Å². The van der Waals surface area contributed by atoms with Crippen molar-refractivity contribution in [3.8, 4) is 11.5 Å². The number of aliphatic hydroxyl groups is 2. The fraction of sp³-hybridized carbons (Fsp3) is 0.393. The molecule has 0 radical (unpaired) electrons. The first-order valence-electron chi connectivity index (χ1n) is 13.4. The maximum atomic E-state index is 12.3. The summed E-state index contributed by atoms with van der Waals surface area (Å²) in [4.78, 5) is 24.6. The van der Waals surface area contributed by atoms with Gasteiger partial charge in [0.05, 0.1) is 36.5 Å². The summed E-state index contributed by atoms with van der Waals surface area (Å²) in [7, 11) is 0. The Labute approximate surface area is 263 Å². The van der Waals surface area contributed by atoms with Crippen LogP contribution in [0, 0.1) is 16.2 Å². The van der Waals surface area contributed by atoms with Gasteiger partial charge < -0.3 is 36.1 Å². The van der Waals surface area contributed by atoms with Crippen molar-refractivity contribution in [2.45, 2.75) is 31.1 Å². The van der Waals surface area contributed by atoms with E-state index in [4.69, 9.17) is 41.6 Å². The van der Waals surface area contributed by atoms with Gasteiger partial charge in [0.15, 0.2) is 10.3 Å². The molecule has 0 saturated heterocycles. The minimum atomic E-state index is -0.380. The first-order valence-corrected chi connectivity index (χ1v) is 16.2. The predicted molar refractivity (Wildman–Crippen MR) is 175 cm³/mol. The highest BCUT2D eigenvalue weighted by Gasteiger charge is 2.13. The number of hydrogen-bond acceptors (Lipinski definition) is 13. The van der Waals surface area contributed by atoms with Gasteiger partial charge in [-0.1, -0.05) is 36.0 Å². The van der Waals surface area contributed by atoms with E-state index < -0.39 is 0 Å². The van der Waals surface area contributed by atoms with E-state index in [0.717, 1.165) is 29.1 Å². The molecule has 1 unspecified atom stereocenters. The molecule has 9 N–H and O–H groups in total. The van der Waals surface area contributed by atoms with Gasteiger partial charge in [-0.05, 0) is 65.1 Å². The molecule has 15 heteroatoms. The molecule has 1 atom stereocenters. The number of carbonyl (C=O) groups is 2. The summed E-state index contributed by atoms with van der Waals surface area (Å²) < 4.78 is 10.7. The molecule has 0 aliphatic rings. The highest BCUT2D eigenvalue weighted by molar-refractivity contribution is 8.26. The zero-order valence-corrected chi connectivity index (χ0v) is 26.0. The molecule has 2 rings (SSSR count). The van der Waals surface area contributed by atoms with E-state index in [0.29, 0.717) is 41.4 Å². The van der Waals surface area contributed by atoms with Crippen LogP contribution in [0.5, 0.6) is 11.5 Å². The molecule has 0 aliphatic heterocycles. The lowest BCUT2D eigenvalue weighted by Crippen LogP contribution is -2.32. The second-order valence-electron chi connectivity index (χ2n) is 8.88. The number of aliphatic hydroxyl groups excluding tert-OH is 2. The molecular formula is C28H38N6O6S3. The van der Waals surface area contributed by atoms with Gasteiger partial charge >= 0.3 is 0 Å². The van der Waals surface area contributed by atoms with Crippen molar-refractivity contribution in [3.63, 3.8) is 0 Å². The molecule has 0 aromatic heterocycles. The van der Waals surface area contributed by atoms with Crippen molar-refractivity contribution in [3.05, 3.63) is 59.7 Å². The second-order valence-corrected chi connectivity index (χ2v) is 12.5. The largest absolute Gasteiger partial charge is 0.491 e. The smallest absolute Gasteiger partial charge is 0.230 e. The molecule has 234 valence electrons. The van der Waals surface area contributed by atoms with Crippen LogP contribution in [0.15, 0.2) is 48.5 Å². The van der Waals surface area contributed by atoms with E-state index in [9.17, 15) is 9.59 Å². The number of hydrogen-bond donors (Lipinski definition) is 8. The van der Waals surface area contributed by atoms with Crippen molar-refractivity contribution in [2.75, 3.05) is 37.9 Å². The first kappa shape index (κ1) is 36.1. The third-order valence-corrected chi connectivity index (χ3v) is 7.92. The Balaban J connectivity index is 1.57. The van der Waals surface area contributed by atoms with Crippen molar-refractivity contribution in [2.24, 2.45) is 5.73 Å². The fourth-order valence-electron chi connectivity index (χ4n) is 3.44. The topological polar surface area (TPSA) is 215 Å². The summed E-state index contributed by atoms with van der Waals surface area (Å²) in [6.45, 7) is 0.122.